The van der Waals surface area contributed by atoms with Crippen molar-refractivity contribution in [3.8, 4) is 0 Å². The van der Waals surface area contributed by atoms with Crippen LogP contribution in [0.15, 0.2) is 52.1 Å². The zero-order chi connectivity index (χ0) is 14.8. The van der Waals surface area contributed by atoms with E-state index in [4.69, 9.17) is 15.6 Å². The van der Waals surface area contributed by atoms with Crippen molar-refractivity contribution in [3.05, 3.63) is 59.4 Å². The molecule has 0 saturated carbocycles. The SMILES string of the molecule is N=C(N)c1cc(F)ccc1CSc1nc2ccccc2o1. The second kappa shape index (κ2) is 5.57. The number of rotatable bonds is 4. The van der Waals surface area contributed by atoms with Crippen LogP contribution in [0.5, 0.6) is 0 Å². The van der Waals surface area contributed by atoms with Gasteiger partial charge in [-0.1, -0.05) is 30.0 Å². The predicted octanol–water partition coefficient (Wildman–Crippen LogP) is 3.54. The minimum absolute atomic E-state index is 0.150. The highest BCUT2D eigenvalue weighted by molar-refractivity contribution is 7.98. The molecule has 3 N–H and O–H groups in total. The maximum Gasteiger partial charge on any atom is 0.257 e. The maximum absolute atomic E-state index is 13.2. The second-order valence-corrected chi connectivity index (χ2v) is 5.38. The van der Waals surface area contributed by atoms with E-state index in [9.17, 15) is 4.39 Å². The molecule has 6 heteroatoms. The van der Waals surface area contributed by atoms with Crippen molar-refractivity contribution in [3.63, 3.8) is 0 Å². The lowest BCUT2D eigenvalue weighted by Gasteiger charge is -2.06. The number of amidine groups is 1. The summed E-state index contributed by atoms with van der Waals surface area (Å²) in [7, 11) is 0. The molecule has 106 valence electrons. The Balaban J connectivity index is 1.83. The van der Waals surface area contributed by atoms with E-state index in [1.807, 2.05) is 24.3 Å². The fourth-order valence-electron chi connectivity index (χ4n) is 1.98. The first kappa shape index (κ1) is 13.6. The van der Waals surface area contributed by atoms with Crippen LogP contribution in [0.25, 0.3) is 11.1 Å². The lowest BCUT2D eigenvalue weighted by atomic mass is 10.1. The van der Waals surface area contributed by atoms with Gasteiger partial charge >= 0.3 is 0 Å². The van der Waals surface area contributed by atoms with E-state index in [1.54, 1.807) is 6.07 Å². The summed E-state index contributed by atoms with van der Waals surface area (Å²) in [6.45, 7) is 0. The van der Waals surface area contributed by atoms with Crippen LogP contribution in [0, 0.1) is 11.2 Å². The fraction of sp³-hybridized carbons (Fsp3) is 0.0667. The first-order valence-corrected chi connectivity index (χ1v) is 7.23. The number of halogens is 1. The molecule has 0 spiro atoms. The summed E-state index contributed by atoms with van der Waals surface area (Å²) in [4.78, 5) is 4.36. The summed E-state index contributed by atoms with van der Waals surface area (Å²) in [5.74, 6) is -0.0550. The maximum atomic E-state index is 13.2. The Morgan fingerprint density at radius 2 is 2.10 bits per heavy atom. The number of hydrogen-bond acceptors (Lipinski definition) is 4. The van der Waals surface area contributed by atoms with Crippen LogP contribution in [0.2, 0.25) is 0 Å². The molecule has 1 aromatic heterocycles. The average Bonchev–Trinajstić information content (AvgIpc) is 2.88. The van der Waals surface area contributed by atoms with Gasteiger partial charge in [-0.3, -0.25) is 5.41 Å². The van der Waals surface area contributed by atoms with Crippen LogP contribution in [0.4, 0.5) is 4.39 Å². The Bertz CT molecular complexity index is 783. The fourth-order valence-corrected chi connectivity index (χ4v) is 2.82. The van der Waals surface area contributed by atoms with E-state index >= 15 is 0 Å². The van der Waals surface area contributed by atoms with Crippen LogP contribution in [0.1, 0.15) is 11.1 Å². The second-order valence-electron chi connectivity index (χ2n) is 4.45. The van der Waals surface area contributed by atoms with E-state index < -0.39 is 5.82 Å². The number of hydrogen-bond donors (Lipinski definition) is 2. The van der Waals surface area contributed by atoms with E-state index in [0.717, 1.165) is 16.7 Å². The molecule has 0 atom stereocenters. The number of aromatic nitrogens is 1. The van der Waals surface area contributed by atoms with Crippen LogP contribution in [0.3, 0.4) is 0 Å². The monoisotopic (exact) mass is 301 g/mol. The summed E-state index contributed by atoms with van der Waals surface area (Å²) in [5, 5.41) is 8.04. The Kier molecular flexibility index (Phi) is 3.62. The van der Waals surface area contributed by atoms with Gasteiger partial charge < -0.3 is 10.2 Å². The normalized spacial score (nSPS) is 10.9. The van der Waals surface area contributed by atoms with Crippen molar-refractivity contribution in [1.29, 1.82) is 5.41 Å². The van der Waals surface area contributed by atoms with Crippen molar-refractivity contribution < 1.29 is 8.81 Å². The molecular formula is C15H12FN3OS. The number of nitrogens with one attached hydrogen (secondary N) is 1. The number of nitrogens with zero attached hydrogens (tertiary/aromatic N) is 1. The first-order valence-electron chi connectivity index (χ1n) is 6.24. The number of nitrogens with two attached hydrogens (primary N) is 1. The number of fused-ring (bicyclic) bond motifs is 1. The van der Waals surface area contributed by atoms with Gasteiger partial charge in [0.15, 0.2) is 5.58 Å². The van der Waals surface area contributed by atoms with Crippen molar-refractivity contribution in [1.82, 2.24) is 4.98 Å². The van der Waals surface area contributed by atoms with Gasteiger partial charge in [-0.15, -0.1) is 0 Å². The molecule has 0 aliphatic rings. The Morgan fingerprint density at radius 1 is 1.29 bits per heavy atom. The third-order valence-electron chi connectivity index (χ3n) is 2.99. The molecule has 0 aliphatic carbocycles. The molecule has 2 aromatic carbocycles. The summed E-state index contributed by atoms with van der Waals surface area (Å²) < 4.78 is 18.8. The molecular weight excluding hydrogens is 289 g/mol. The minimum Gasteiger partial charge on any atom is -0.431 e. The highest BCUT2D eigenvalue weighted by Crippen LogP contribution is 2.27. The third-order valence-corrected chi connectivity index (χ3v) is 3.86. The van der Waals surface area contributed by atoms with Crippen molar-refractivity contribution in [2.24, 2.45) is 5.73 Å². The van der Waals surface area contributed by atoms with Crippen molar-refractivity contribution in [2.45, 2.75) is 11.0 Å². The molecule has 3 rings (SSSR count). The Morgan fingerprint density at radius 3 is 2.86 bits per heavy atom. The lowest BCUT2D eigenvalue weighted by molar-refractivity contribution is 0.489. The average molecular weight is 301 g/mol. The van der Waals surface area contributed by atoms with Crippen LogP contribution in [-0.4, -0.2) is 10.8 Å². The van der Waals surface area contributed by atoms with Gasteiger partial charge in [0.1, 0.15) is 17.2 Å². The molecule has 0 saturated heterocycles. The standard InChI is InChI=1S/C15H12FN3OS/c16-10-6-5-9(11(7-10)14(17)18)8-21-15-19-12-3-1-2-4-13(12)20-15/h1-7H,8H2,(H3,17,18). The smallest absolute Gasteiger partial charge is 0.257 e. The molecule has 0 fully saturated rings. The van der Waals surface area contributed by atoms with Gasteiger partial charge in [-0.2, -0.15) is 0 Å². The van der Waals surface area contributed by atoms with Crippen LogP contribution < -0.4 is 5.73 Å². The van der Waals surface area contributed by atoms with Gasteiger partial charge in [0.05, 0.1) is 0 Å². The summed E-state index contributed by atoms with van der Waals surface area (Å²) in [6, 6.07) is 11.8. The molecule has 1 heterocycles. The molecule has 0 unspecified atom stereocenters. The van der Waals surface area contributed by atoms with Gasteiger partial charge in [0.2, 0.25) is 0 Å². The highest BCUT2D eigenvalue weighted by atomic mass is 32.2. The Hall–Kier alpha value is -2.34. The molecule has 0 aliphatic heterocycles. The zero-order valence-corrected chi connectivity index (χ0v) is 11.8. The van der Waals surface area contributed by atoms with Gasteiger partial charge in [0.25, 0.3) is 5.22 Å². The van der Waals surface area contributed by atoms with E-state index in [1.165, 1.54) is 23.9 Å². The molecule has 21 heavy (non-hydrogen) atoms. The number of para-hydroxylation sites is 2. The lowest BCUT2D eigenvalue weighted by Crippen LogP contribution is -2.13. The van der Waals surface area contributed by atoms with Crippen molar-refractivity contribution in [2.75, 3.05) is 0 Å². The molecule has 4 nitrogen and oxygen atoms in total. The molecule has 0 bridgehead atoms. The molecule has 3 aromatic rings. The van der Waals surface area contributed by atoms with E-state index in [-0.39, 0.29) is 5.84 Å². The number of thioether (sulfide) groups is 1. The molecule has 0 radical (unpaired) electrons. The van der Waals surface area contributed by atoms with E-state index in [0.29, 0.717) is 16.5 Å². The number of benzene rings is 2. The predicted molar refractivity (Wildman–Crippen MR) is 81.0 cm³/mol. The van der Waals surface area contributed by atoms with Gasteiger partial charge in [-0.25, -0.2) is 9.37 Å². The highest BCUT2D eigenvalue weighted by Gasteiger charge is 2.10. The molecule has 0 amide bonds. The topological polar surface area (TPSA) is 75.9 Å². The van der Waals surface area contributed by atoms with Gasteiger partial charge in [0, 0.05) is 11.3 Å². The van der Waals surface area contributed by atoms with Crippen LogP contribution >= 0.6 is 11.8 Å². The summed E-state index contributed by atoms with van der Waals surface area (Å²) in [6.07, 6.45) is 0. The number of nitrogen functional groups attached to an aromatic ring is 1. The van der Waals surface area contributed by atoms with Crippen molar-refractivity contribution >= 4 is 28.7 Å². The first-order chi connectivity index (χ1) is 10.1. The summed E-state index contributed by atoms with van der Waals surface area (Å²) >= 11 is 1.38. The Labute approximate surface area is 124 Å². The number of oxazole rings is 1. The largest absolute Gasteiger partial charge is 0.431 e. The van der Waals surface area contributed by atoms with E-state index in [2.05, 4.69) is 4.98 Å². The minimum atomic E-state index is -0.407. The van der Waals surface area contributed by atoms with Crippen LogP contribution in [-0.2, 0) is 5.75 Å². The summed E-state index contributed by atoms with van der Waals surface area (Å²) in [5.41, 5.74) is 8.18. The third kappa shape index (κ3) is 2.90. The van der Waals surface area contributed by atoms with Gasteiger partial charge in [-0.05, 0) is 29.8 Å². The zero-order valence-electron chi connectivity index (χ0n) is 11.0. The quantitative estimate of drug-likeness (QED) is 0.439.